The molecule has 11 aromatic rings. The van der Waals surface area contributed by atoms with Crippen molar-refractivity contribution in [3.63, 3.8) is 0 Å². The van der Waals surface area contributed by atoms with Gasteiger partial charge in [0.25, 0.3) is 29.1 Å². The minimum Gasteiger partial charge on any atom is -0.203 e. The lowest BCUT2D eigenvalue weighted by Crippen LogP contribution is -2.46. The summed E-state index contributed by atoms with van der Waals surface area (Å²) in [5.41, 5.74) is 29.9. The molecule has 13 aliphatic rings. The molecule has 5 aromatic heterocycles. The lowest BCUT2D eigenvalue weighted by atomic mass is 9.57. The molecule has 3 atom stereocenters. The summed E-state index contributed by atoms with van der Waals surface area (Å²) in [6.45, 7) is 34.1. The van der Waals surface area contributed by atoms with E-state index in [1.54, 1.807) is 17.1 Å². The Hall–Kier alpha value is -9.93. The van der Waals surface area contributed by atoms with E-state index in [-0.39, 0.29) is 21.7 Å². The first-order valence-electron chi connectivity index (χ1n) is 55.1. The summed E-state index contributed by atoms with van der Waals surface area (Å²) in [6, 6.07) is 55.1. The van der Waals surface area contributed by atoms with E-state index in [0.717, 1.165) is 35.5 Å². The van der Waals surface area contributed by atoms with Crippen molar-refractivity contribution in [1.29, 1.82) is 0 Å². The van der Waals surface area contributed by atoms with Gasteiger partial charge in [-0.2, -0.15) is 22.8 Å². The van der Waals surface area contributed by atoms with Gasteiger partial charge in [0.15, 0.2) is 34.2 Å². The zero-order valence-corrected chi connectivity index (χ0v) is 86.0. The quantitative estimate of drug-likeness (QED) is 0.0974. The molecular weight excluding hydrogens is 1650 g/mol. The second-order valence-electron chi connectivity index (χ2n) is 44.6. The van der Waals surface area contributed by atoms with E-state index in [4.69, 9.17) is 0 Å². The first kappa shape index (κ1) is 92.4. The molecule has 6 aromatic carbocycles. The van der Waals surface area contributed by atoms with Gasteiger partial charge in [-0.05, 0) is 279 Å². The van der Waals surface area contributed by atoms with Crippen molar-refractivity contribution >= 4 is 31.0 Å². The maximum atomic E-state index is 9.30. The summed E-state index contributed by atoms with van der Waals surface area (Å²) in [7, 11) is 0. The fraction of sp³-hybridized carbons (Fsp3) is 0.516. The monoisotopic (exact) mass is 1820 g/mol. The van der Waals surface area contributed by atoms with Gasteiger partial charge < -0.3 is 0 Å². The fourth-order valence-electron chi connectivity index (χ4n) is 31.2. The Morgan fingerprint density at radius 1 is 0.272 bits per heavy atom. The largest absolute Gasteiger partial charge is 0.263 e. The molecule has 5 aliphatic heterocycles. The molecule has 10 heterocycles. The summed E-state index contributed by atoms with van der Waals surface area (Å²) in [5.74, 6) is 12.0. The van der Waals surface area contributed by atoms with Gasteiger partial charge >= 0.3 is 0 Å². The van der Waals surface area contributed by atoms with E-state index < -0.39 is 5.89 Å². The summed E-state index contributed by atoms with van der Waals surface area (Å²) in [4.78, 5) is 0. The fourth-order valence-corrected chi connectivity index (χ4v) is 31.2. The van der Waals surface area contributed by atoms with Crippen LogP contribution in [0.25, 0.3) is 59.4 Å². The van der Waals surface area contributed by atoms with Crippen molar-refractivity contribution < 1.29 is 24.2 Å². The third-order valence-electron chi connectivity index (χ3n) is 37.5. The molecule has 10 heteroatoms. The van der Waals surface area contributed by atoms with Crippen LogP contribution in [0.4, 0.5) is 0 Å². The van der Waals surface area contributed by atoms with Crippen LogP contribution < -0.4 is 22.8 Å². The SMILES string of the molecule is Cc1ccccc1-n1c(C)c2[n+](c1C)C=CC2(C1CCCC1)C1CCCC1.Cc1ccccc1-n1c(C)c2[n+](c1C)C=CC2(C1CCCCC1)C1CCCC1.Cc1ccccc1-n1c(C)c2[n+](c1C)C=CC2(C1CCCCC1)C1CCCCC1.Cc1ccccc1-n1c(C)c2[n+](c1C)C=CC2(c1ccccc1)C1CCCCC1.[2H]C1(C2CCCCC2)C=Cn2c1c(C)[n+](-c1ccccc1C)c2C. The number of aryl methyl sites for hydroxylation is 5. The van der Waals surface area contributed by atoms with Crippen LogP contribution in [0.2, 0.25) is 0 Å². The predicted molar refractivity (Wildman–Crippen MR) is 561 cm³/mol. The number of allylic oxidation sites excluding steroid dienone is 5. The molecule has 712 valence electrons. The highest BCUT2D eigenvalue weighted by molar-refractivity contribution is 5.56. The molecule has 8 aliphatic carbocycles. The van der Waals surface area contributed by atoms with Gasteiger partial charge in [0.1, 0.15) is 51.2 Å². The minimum absolute atomic E-state index is 0.0234. The highest BCUT2D eigenvalue weighted by Crippen LogP contribution is 2.59. The number of nitrogens with zero attached hydrogens (tertiary/aromatic N) is 10. The van der Waals surface area contributed by atoms with Crippen LogP contribution in [0.1, 0.15) is 364 Å². The third kappa shape index (κ3) is 16.0. The average molecular weight is 1820 g/mol. The van der Waals surface area contributed by atoms with E-state index >= 15 is 0 Å². The van der Waals surface area contributed by atoms with Crippen LogP contribution in [0.15, 0.2) is 182 Å². The third-order valence-corrected chi connectivity index (χ3v) is 37.5. The number of para-hydroxylation sites is 5. The van der Waals surface area contributed by atoms with Gasteiger partial charge in [-0.15, -0.1) is 0 Å². The van der Waals surface area contributed by atoms with E-state index in [9.17, 15) is 1.37 Å². The summed E-state index contributed by atoms with van der Waals surface area (Å²) >= 11 is 0. The van der Waals surface area contributed by atoms with Crippen LogP contribution in [0.3, 0.4) is 0 Å². The number of fused-ring (bicyclic) bond motifs is 5. The lowest BCUT2D eigenvalue weighted by Gasteiger charge is -2.44. The first-order chi connectivity index (χ1) is 66.6. The number of rotatable bonds is 14. The number of hydrogen-bond acceptors (Lipinski definition) is 0. The maximum absolute atomic E-state index is 9.30. The highest BCUT2D eigenvalue weighted by Gasteiger charge is 2.60. The van der Waals surface area contributed by atoms with Crippen molar-refractivity contribution in [3.8, 4) is 28.4 Å². The van der Waals surface area contributed by atoms with Gasteiger partial charge in [-0.1, -0.05) is 256 Å². The van der Waals surface area contributed by atoms with Crippen molar-refractivity contribution in [2.45, 2.75) is 369 Å². The number of aromatic nitrogens is 10. The Morgan fingerprint density at radius 3 is 0.875 bits per heavy atom. The average Bonchev–Trinajstić information content (AvgIpc) is 1.67. The molecule has 0 N–H and O–H groups in total. The first-order valence-corrected chi connectivity index (χ1v) is 54.6. The smallest absolute Gasteiger partial charge is 0.203 e. The molecule has 136 heavy (non-hydrogen) atoms. The number of hydrogen-bond donors (Lipinski definition) is 0. The lowest BCUT2D eigenvalue weighted by molar-refractivity contribution is -0.609. The van der Waals surface area contributed by atoms with Crippen molar-refractivity contribution in [2.24, 2.45) is 47.3 Å². The van der Waals surface area contributed by atoms with E-state index in [0.29, 0.717) is 11.8 Å². The molecule has 8 fully saturated rings. The summed E-state index contributed by atoms with van der Waals surface area (Å²) in [6.07, 6.45) is 75.6. The Kier molecular flexibility index (Phi) is 26.8. The molecule has 8 saturated carbocycles. The van der Waals surface area contributed by atoms with Crippen LogP contribution in [0, 0.1) is 151 Å². The summed E-state index contributed by atoms with van der Waals surface area (Å²) < 4.78 is 34.1. The molecule has 0 spiro atoms. The normalized spacial score (nSPS) is 23.1. The highest BCUT2D eigenvalue weighted by atomic mass is 15.2. The van der Waals surface area contributed by atoms with Gasteiger partial charge in [-0.3, -0.25) is 0 Å². The number of imidazole rings is 5. The Labute approximate surface area is 819 Å². The van der Waals surface area contributed by atoms with E-state index in [1.165, 1.54) is 368 Å². The minimum atomic E-state index is -0.566. The Bertz CT molecular complexity index is 6340. The standard InChI is InChI=1S/C27H37N2.C27H31N2.C26H35N2.C25H33N2.C21H27N2/c2*1-20-12-10-11-17-25(20)29-21(2)26-27(18-19-28(26)22(29)3,23-13-6-4-7-14-23)24-15-8-5-9-16-24;1-19-11-7-10-16-24(19)28-20(2)25-26(23-14-8-9-15-23,17-18-27(25)21(28)3)22-12-5-4-6-13-22;1-18-10-4-9-15-23(18)27-19(2)24-25(21-11-5-6-12-21,22-13-7-8-14-22)16-17-26(24)20(27)3;1-15-9-7-8-12-20(15)23-16(2)21-19(13-14-22(21)17(23)3)18-10-5-4-6-11-18/h10-12,17-19,23-24H,4-9,13-16H2,1-3H3;4,6-7,10-14,17-19,24H,5,8-9,15-16H2,1-3H3;7,10-11,16-18,22-23H,4-6,8-9,12-15H2,1-3H3;4,9-10,15-17,21-22H,5-8,11-14H2,1-3H3;7-9,12-14,18-19H,4-6,10-11H2,1-3H3/q5*+1/i;;;;19D. The molecule has 24 rings (SSSR count). The zero-order valence-electron chi connectivity index (χ0n) is 87.0. The van der Waals surface area contributed by atoms with Crippen molar-refractivity contribution in [3.05, 3.63) is 301 Å². The second kappa shape index (κ2) is 39.4. The van der Waals surface area contributed by atoms with Crippen LogP contribution in [0.5, 0.6) is 0 Å². The van der Waals surface area contributed by atoms with E-state index in [1.807, 2.05) is 0 Å². The van der Waals surface area contributed by atoms with Crippen molar-refractivity contribution in [2.75, 3.05) is 0 Å². The molecular formula is C126H163N10+5. The molecule has 0 saturated heterocycles. The summed E-state index contributed by atoms with van der Waals surface area (Å²) in [5, 5.41) is 0. The van der Waals surface area contributed by atoms with Gasteiger partial charge in [0, 0.05) is 76.5 Å². The molecule has 0 amide bonds. The van der Waals surface area contributed by atoms with E-state index in [2.05, 4.69) is 363 Å². The molecule has 3 unspecified atom stereocenters. The molecule has 0 bridgehead atoms. The maximum Gasteiger partial charge on any atom is 0.263 e. The number of benzene rings is 6. The predicted octanol–water partition coefficient (Wildman–Crippen LogP) is 29.4. The van der Waals surface area contributed by atoms with Crippen LogP contribution >= 0.6 is 0 Å². The van der Waals surface area contributed by atoms with Crippen LogP contribution in [-0.2, 0) is 21.7 Å². The Morgan fingerprint density at radius 2 is 0.544 bits per heavy atom. The second-order valence-corrected chi connectivity index (χ2v) is 44.6. The topological polar surface area (TPSA) is 44.0 Å². The van der Waals surface area contributed by atoms with Crippen molar-refractivity contribution in [1.82, 2.24) is 22.8 Å². The van der Waals surface area contributed by atoms with Crippen LogP contribution in [-0.4, -0.2) is 22.8 Å². The molecule has 10 nitrogen and oxygen atoms in total. The van der Waals surface area contributed by atoms with Gasteiger partial charge in [0.2, 0.25) is 0 Å². The zero-order chi connectivity index (χ0) is 94.8. The van der Waals surface area contributed by atoms with Gasteiger partial charge in [-0.25, -0.2) is 22.8 Å². The Balaban J connectivity index is 0.000000106. The molecule has 0 radical (unpaired) electrons. The van der Waals surface area contributed by atoms with Gasteiger partial charge in [0.05, 0.1) is 52.7 Å².